The number of alkyl halides is 2. The molecule has 1 aliphatic rings. The molecular weight excluding hydrogens is 444 g/mol. The minimum Gasteiger partial charge on any atom is -0.507 e. The Labute approximate surface area is 196 Å². The Morgan fingerprint density at radius 1 is 1.12 bits per heavy atom. The molecule has 0 radical (unpaired) electrons. The van der Waals surface area contributed by atoms with Crippen molar-refractivity contribution in [2.75, 3.05) is 13.7 Å². The number of aryl methyl sites for hydroxylation is 3. The molecule has 0 atom stereocenters. The van der Waals surface area contributed by atoms with Crippen molar-refractivity contribution in [3.63, 3.8) is 0 Å². The quantitative estimate of drug-likeness (QED) is 0.461. The molecule has 3 aromatic rings. The van der Waals surface area contributed by atoms with E-state index in [1.807, 2.05) is 23.6 Å². The lowest BCUT2D eigenvalue weighted by atomic mass is 9.92. The lowest BCUT2D eigenvalue weighted by molar-refractivity contribution is -0.0512. The first-order valence-corrected chi connectivity index (χ1v) is 11.0. The van der Waals surface area contributed by atoms with E-state index in [4.69, 9.17) is 14.2 Å². The number of phenolic OH excluding ortho intramolecular Hbond substituents is 1. The van der Waals surface area contributed by atoms with E-state index < -0.39 is 12.6 Å². The number of carbonyl (C=O) groups excluding carboxylic acids is 1. The van der Waals surface area contributed by atoms with E-state index in [-0.39, 0.29) is 23.9 Å². The lowest BCUT2D eigenvalue weighted by Crippen LogP contribution is -2.15. The first-order chi connectivity index (χ1) is 16.2. The van der Waals surface area contributed by atoms with Crippen molar-refractivity contribution >= 4 is 5.97 Å². The molecule has 0 saturated heterocycles. The van der Waals surface area contributed by atoms with Crippen LogP contribution in [0.2, 0.25) is 0 Å². The van der Waals surface area contributed by atoms with Crippen LogP contribution in [-0.4, -0.2) is 36.0 Å². The van der Waals surface area contributed by atoms with Gasteiger partial charge in [-0.25, -0.2) is 4.79 Å². The third-order valence-corrected chi connectivity index (χ3v) is 6.25. The van der Waals surface area contributed by atoms with Gasteiger partial charge in [-0.3, -0.25) is 0 Å². The average Bonchev–Trinajstić information content (AvgIpc) is 3.09. The van der Waals surface area contributed by atoms with Gasteiger partial charge in [0.1, 0.15) is 5.75 Å². The number of hydrogen-bond donors (Lipinski definition) is 1. The fourth-order valence-corrected chi connectivity index (χ4v) is 4.76. The van der Waals surface area contributed by atoms with Crippen molar-refractivity contribution in [1.29, 1.82) is 0 Å². The van der Waals surface area contributed by atoms with E-state index in [0.29, 0.717) is 46.5 Å². The summed E-state index contributed by atoms with van der Waals surface area (Å²) in [6.07, 6.45) is 0.624. The number of halogens is 2. The average molecular weight is 472 g/mol. The summed E-state index contributed by atoms with van der Waals surface area (Å²) in [6, 6.07) is 6.85. The van der Waals surface area contributed by atoms with Crippen LogP contribution < -0.4 is 9.47 Å². The van der Waals surface area contributed by atoms with E-state index in [9.17, 15) is 18.7 Å². The predicted octanol–water partition coefficient (Wildman–Crippen LogP) is 5.80. The van der Waals surface area contributed by atoms with E-state index in [2.05, 4.69) is 0 Å². The first kappa shape index (κ1) is 23.6. The van der Waals surface area contributed by atoms with Crippen molar-refractivity contribution < 1.29 is 32.9 Å². The summed E-state index contributed by atoms with van der Waals surface area (Å²) in [6.45, 7) is 5.01. The summed E-state index contributed by atoms with van der Waals surface area (Å²) < 4.78 is 43.6. The Morgan fingerprint density at radius 3 is 2.38 bits per heavy atom. The maximum atomic E-state index is 13.3. The highest BCUT2D eigenvalue weighted by atomic mass is 19.3. The van der Waals surface area contributed by atoms with Gasteiger partial charge < -0.3 is 23.9 Å². The Hall–Kier alpha value is -3.55. The highest BCUT2D eigenvalue weighted by Crippen LogP contribution is 2.46. The van der Waals surface area contributed by atoms with Gasteiger partial charge >= 0.3 is 12.6 Å². The molecule has 0 amide bonds. The molecule has 1 N–H and O–H groups in total. The molecule has 0 spiro atoms. The number of methoxy groups -OCH3 is 1. The van der Waals surface area contributed by atoms with Crippen LogP contribution in [0.1, 0.15) is 39.7 Å². The maximum Gasteiger partial charge on any atom is 0.387 e. The zero-order chi connectivity index (χ0) is 24.7. The number of fused-ring (bicyclic) bond motifs is 3. The molecule has 34 heavy (non-hydrogen) atoms. The standard InChI is InChI=1S/C26H27F2NO5/c1-6-33-25(31)22-21(17-9-13(2)24(30)14(3)10-17)15(4)29-8-7-16-11-19(32-5)20(34-26(27)28)12-18(16)23(22)29/h9-12,26,30H,6-8H2,1-5H3. The first-order valence-electron chi connectivity index (χ1n) is 11.0. The molecule has 0 fully saturated rings. The van der Waals surface area contributed by atoms with Crippen molar-refractivity contribution in [3.05, 3.63) is 52.2 Å². The third kappa shape index (κ3) is 3.87. The number of ether oxygens (including phenoxy) is 3. The number of phenols is 1. The third-order valence-electron chi connectivity index (χ3n) is 6.25. The maximum absolute atomic E-state index is 13.3. The number of nitrogens with zero attached hydrogens (tertiary/aromatic N) is 1. The number of benzene rings is 2. The monoisotopic (exact) mass is 471 g/mol. The SMILES string of the molecule is CCOC(=O)c1c(-c2cc(C)c(O)c(C)c2)c(C)n2c1-c1cc(OC(F)F)c(OC)cc1CC2. The predicted molar refractivity (Wildman–Crippen MR) is 124 cm³/mol. The van der Waals surface area contributed by atoms with Crippen LogP contribution in [0, 0.1) is 20.8 Å². The Bertz CT molecular complexity index is 1260. The molecule has 6 nitrogen and oxygen atoms in total. The summed E-state index contributed by atoms with van der Waals surface area (Å²) in [5.41, 5.74) is 6.12. The van der Waals surface area contributed by atoms with Gasteiger partial charge in [0.05, 0.1) is 25.0 Å². The van der Waals surface area contributed by atoms with E-state index >= 15 is 0 Å². The van der Waals surface area contributed by atoms with Gasteiger partial charge in [0.15, 0.2) is 11.5 Å². The van der Waals surface area contributed by atoms with Gasteiger partial charge in [-0.1, -0.05) is 0 Å². The Morgan fingerprint density at radius 2 is 1.79 bits per heavy atom. The highest BCUT2D eigenvalue weighted by molar-refractivity contribution is 6.05. The molecule has 0 unspecified atom stereocenters. The van der Waals surface area contributed by atoms with Gasteiger partial charge in [0.25, 0.3) is 0 Å². The van der Waals surface area contributed by atoms with Crippen LogP contribution in [0.4, 0.5) is 8.78 Å². The molecular formula is C26H27F2NO5. The lowest BCUT2D eigenvalue weighted by Gasteiger charge is -2.23. The van der Waals surface area contributed by atoms with Gasteiger partial charge in [-0.2, -0.15) is 8.78 Å². The smallest absolute Gasteiger partial charge is 0.387 e. The summed E-state index contributed by atoms with van der Waals surface area (Å²) in [7, 11) is 1.40. The Kier molecular flexibility index (Phi) is 6.25. The van der Waals surface area contributed by atoms with Gasteiger partial charge in [-0.05, 0) is 80.6 Å². The molecule has 2 aromatic carbocycles. The van der Waals surface area contributed by atoms with Crippen molar-refractivity contribution in [1.82, 2.24) is 4.57 Å². The number of carbonyl (C=O) groups is 1. The highest BCUT2D eigenvalue weighted by Gasteiger charge is 2.33. The number of rotatable bonds is 6. The minimum atomic E-state index is -3.02. The summed E-state index contributed by atoms with van der Waals surface area (Å²) in [5.74, 6) is -0.193. The number of aromatic nitrogens is 1. The molecule has 180 valence electrons. The molecule has 1 aromatic heterocycles. The van der Waals surface area contributed by atoms with Gasteiger partial charge in [0, 0.05) is 23.4 Å². The fraction of sp³-hybridized carbons (Fsp3) is 0.346. The van der Waals surface area contributed by atoms with Crippen LogP contribution in [0.15, 0.2) is 24.3 Å². The molecule has 0 bridgehead atoms. The topological polar surface area (TPSA) is 69.9 Å². The number of hydrogen-bond acceptors (Lipinski definition) is 5. The van der Waals surface area contributed by atoms with E-state index in [1.54, 1.807) is 26.8 Å². The van der Waals surface area contributed by atoms with Crippen LogP contribution >= 0.6 is 0 Å². The largest absolute Gasteiger partial charge is 0.507 e. The second kappa shape index (κ2) is 9.00. The van der Waals surface area contributed by atoms with Crippen LogP contribution in [0.3, 0.4) is 0 Å². The van der Waals surface area contributed by atoms with Crippen molar-refractivity contribution in [2.24, 2.45) is 0 Å². The molecule has 0 saturated carbocycles. The zero-order valence-corrected chi connectivity index (χ0v) is 19.8. The minimum absolute atomic E-state index is 0.101. The molecule has 8 heteroatoms. The number of esters is 1. The molecule has 0 aliphatic carbocycles. The normalized spacial score (nSPS) is 12.4. The second-order valence-electron chi connectivity index (χ2n) is 8.30. The van der Waals surface area contributed by atoms with Crippen LogP contribution in [0.25, 0.3) is 22.4 Å². The summed E-state index contributed by atoms with van der Waals surface area (Å²) >= 11 is 0. The van der Waals surface area contributed by atoms with E-state index in [1.165, 1.54) is 13.2 Å². The fourth-order valence-electron chi connectivity index (χ4n) is 4.76. The van der Waals surface area contributed by atoms with Crippen LogP contribution in [0.5, 0.6) is 17.2 Å². The van der Waals surface area contributed by atoms with Crippen LogP contribution in [-0.2, 0) is 17.7 Å². The van der Waals surface area contributed by atoms with E-state index in [0.717, 1.165) is 16.8 Å². The van der Waals surface area contributed by atoms with Gasteiger partial charge in [-0.15, -0.1) is 0 Å². The Balaban J connectivity index is 2.04. The second-order valence-corrected chi connectivity index (χ2v) is 8.30. The summed E-state index contributed by atoms with van der Waals surface area (Å²) in [5, 5.41) is 10.3. The summed E-state index contributed by atoms with van der Waals surface area (Å²) in [4.78, 5) is 13.3. The molecule has 2 heterocycles. The molecule has 4 rings (SSSR count). The van der Waals surface area contributed by atoms with Crippen molar-refractivity contribution in [2.45, 2.75) is 47.3 Å². The van der Waals surface area contributed by atoms with Gasteiger partial charge in [0.2, 0.25) is 0 Å². The zero-order valence-electron chi connectivity index (χ0n) is 19.8. The number of aromatic hydroxyl groups is 1. The molecule has 1 aliphatic heterocycles. The van der Waals surface area contributed by atoms with Crippen molar-refractivity contribution in [3.8, 4) is 39.6 Å².